The van der Waals surface area contributed by atoms with Gasteiger partial charge in [0.2, 0.25) is 0 Å². The number of ether oxygens (including phenoxy) is 2. The van der Waals surface area contributed by atoms with Crippen molar-refractivity contribution in [1.82, 2.24) is 0 Å². The lowest BCUT2D eigenvalue weighted by Gasteiger charge is -2.15. The Morgan fingerprint density at radius 1 is 0.857 bits per heavy atom. The van der Waals surface area contributed by atoms with E-state index in [0.29, 0.717) is 17.0 Å². The fourth-order valence-corrected chi connectivity index (χ4v) is 2.79. The van der Waals surface area contributed by atoms with Crippen LogP contribution in [-0.2, 0) is 9.53 Å². The number of hydrogen-bond donors (Lipinski definition) is 1. The van der Waals surface area contributed by atoms with Gasteiger partial charge in [-0.3, -0.25) is 4.79 Å². The first kappa shape index (κ1) is 19.4. The summed E-state index contributed by atoms with van der Waals surface area (Å²) in [6.45, 7) is 5.41. The predicted octanol–water partition coefficient (Wildman–Crippen LogP) is 4.81. The third-order valence-electron chi connectivity index (χ3n) is 4.16. The Labute approximate surface area is 164 Å². The molecule has 5 nitrogen and oxygen atoms in total. The van der Waals surface area contributed by atoms with Gasteiger partial charge in [0, 0.05) is 11.1 Å². The lowest BCUT2D eigenvalue weighted by Crippen LogP contribution is -2.30. The quantitative estimate of drug-likeness (QED) is 0.626. The van der Waals surface area contributed by atoms with Crippen LogP contribution in [0, 0.1) is 0 Å². The molecule has 28 heavy (non-hydrogen) atoms. The number of rotatable bonds is 6. The van der Waals surface area contributed by atoms with Gasteiger partial charge in [0.1, 0.15) is 5.75 Å². The van der Waals surface area contributed by atoms with Gasteiger partial charge in [0.05, 0.1) is 11.7 Å². The van der Waals surface area contributed by atoms with Gasteiger partial charge in [0.15, 0.2) is 6.10 Å². The molecule has 3 rings (SSSR count). The van der Waals surface area contributed by atoms with E-state index in [1.807, 2.05) is 56.3 Å². The number of hydrogen-bond acceptors (Lipinski definition) is 4. The number of amides is 1. The Morgan fingerprint density at radius 2 is 1.54 bits per heavy atom. The third-order valence-corrected chi connectivity index (χ3v) is 4.16. The van der Waals surface area contributed by atoms with Gasteiger partial charge in [-0.05, 0) is 56.5 Å². The maximum Gasteiger partial charge on any atom is 0.338 e. The van der Waals surface area contributed by atoms with Crippen molar-refractivity contribution in [3.8, 4) is 5.75 Å². The van der Waals surface area contributed by atoms with Crippen molar-refractivity contribution in [3.05, 3.63) is 72.3 Å². The van der Waals surface area contributed by atoms with E-state index in [9.17, 15) is 9.59 Å². The molecule has 0 saturated heterocycles. The number of carbonyl (C=O) groups is 2. The van der Waals surface area contributed by atoms with Crippen LogP contribution in [0.15, 0.2) is 66.7 Å². The summed E-state index contributed by atoms with van der Waals surface area (Å²) in [6, 6.07) is 20.1. The number of fused-ring (bicyclic) bond motifs is 1. The molecular weight excluding hydrogens is 354 g/mol. The molecule has 0 aliphatic rings. The molecule has 0 radical (unpaired) electrons. The molecule has 0 saturated carbocycles. The minimum absolute atomic E-state index is 0.0515. The fourth-order valence-electron chi connectivity index (χ4n) is 2.79. The number of benzene rings is 3. The zero-order valence-electron chi connectivity index (χ0n) is 16.1. The summed E-state index contributed by atoms with van der Waals surface area (Å²) < 4.78 is 10.9. The fraction of sp³-hybridized carbons (Fsp3) is 0.217. The summed E-state index contributed by atoms with van der Waals surface area (Å²) in [4.78, 5) is 24.8. The Morgan fingerprint density at radius 3 is 2.25 bits per heavy atom. The van der Waals surface area contributed by atoms with Crippen LogP contribution in [0.4, 0.5) is 5.69 Å². The maximum absolute atomic E-state index is 12.5. The SMILES string of the molecule is CC(C)Oc1ccc(C(=O)O[C@H](C)C(=O)Nc2cccc3ccccc23)cc1. The van der Waals surface area contributed by atoms with Gasteiger partial charge < -0.3 is 14.8 Å². The number of carbonyl (C=O) groups excluding carboxylic acids is 2. The highest BCUT2D eigenvalue weighted by molar-refractivity contribution is 6.04. The summed E-state index contributed by atoms with van der Waals surface area (Å²) in [6.07, 6.45) is -0.881. The van der Waals surface area contributed by atoms with Crippen LogP contribution in [0.2, 0.25) is 0 Å². The van der Waals surface area contributed by atoms with E-state index in [1.165, 1.54) is 0 Å². The molecule has 144 valence electrons. The molecule has 0 aliphatic heterocycles. The monoisotopic (exact) mass is 377 g/mol. The first-order valence-corrected chi connectivity index (χ1v) is 9.20. The van der Waals surface area contributed by atoms with Crippen LogP contribution in [-0.4, -0.2) is 24.1 Å². The van der Waals surface area contributed by atoms with Gasteiger partial charge in [-0.25, -0.2) is 4.79 Å². The van der Waals surface area contributed by atoms with E-state index in [2.05, 4.69) is 5.32 Å². The van der Waals surface area contributed by atoms with Gasteiger partial charge in [-0.1, -0.05) is 36.4 Å². The summed E-state index contributed by atoms with van der Waals surface area (Å²) >= 11 is 0. The second-order valence-corrected chi connectivity index (χ2v) is 6.75. The smallest absolute Gasteiger partial charge is 0.338 e. The van der Waals surface area contributed by atoms with Crippen molar-refractivity contribution in [1.29, 1.82) is 0 Å². The third kappa shape index (κ3) is 4.68. The molecule has 3 aromatic carbocycles. The second kappa shape index (κ2) is 8.57. The molecule has 0 bridgehead atoms. The molecule has 1 amide bonds. The molecule has 0 fully saturated rings. The van der Waals surface area contributed by atoms with Crippen molar-refractivity contribution in [2.24, 2.45) is 0 Å². The van der Waals surface area contributed by atoms with Crippen LogP contribution < -0.4 is 10.1 Å². The van der Waals surface area contributed by atoms with Crippen molar-refractivity contribution < 1.29 is 19.1 Å². The average Bonchev–Trinajstić information content (AvgIpc) is 2.68. The molecule has 0 aromatic heterocycles. The van der Waals surface area contributed by atoms with Crippen LogP contribution in [0.1, 0.15) is 31.1 Å². The minimum atomic E-state index is -0.932. The Kier molecular flexibility index (Phi) is 5.94. The zero-order chi connectivity index (χ0) is 20.1. The average molecular weight is 377 g/mol. The van der Waals surface area contributed by atoms with E-state index >= 15 is 0 Å². The van der Waals surface area contributed by atoms with Crippen molar-refractivity contribution in [3.63, 3.8) is 0 Å². The van der Waals surface area contributed by atoms with E-state index < -0.39 is 12.1 Å². The normalized spacial score (nSPS) is 11.9. The van der Waals surface area contributed by atoms with Gasteiger partial charge in [-0.2, -0.15) is 0 Å². The summed E-state index contributed by atoms with van der Waals surface area (Å²) in [5, 5.41) is 4.79. The molecule has 0 unspecified atom stereocenters. The molecular formula is C23H23NO4. The molecule has 0 aliphatic carbocycles. The minimum Gasteiger partial charge on any atom is -0.491 e. The lowest BCUT2D eigenvalue weighted by molar-refractivity contribution is -0.123. The van der Waals surface area contributed by atoms with Gasteiger partial charge >= 0.3 is 5.97 Å². The first-order chi connectivity index (χ1) is 13.4. The molecule has 3 aromatic rings. The number of anilines is 1. The zero-order valence-corrected chi connectivity index (χ0v) is 16.1. The Hall–Kier alpha value is -3.34. The number of esters is 1. The van der Waals surface area contributed by atoms with Crippen molar-refractivity contribution >= 4 is 28.3 Å². The summed E-state index contributed by atoms with van der Waals surface area (Å²) in [7, 11) is 0. The van der Waals surface area contributed by atoms with E-state index in [0.717, 1.165) is 10.8 Å². The van der Waals surface area contributed by atoms with Crippen molar-refractivity contribution in [2.75, 3.05) is 5.32 Å². The molecule has 0 heterocycles. The number of nitrogens with one attached hydrogen (secondary N) is 1. The van der Waals surface area contributed by atoms with Crippen LogP contribution in [0.25, 0.3) is 10.8 Å². The highest BCUT2D eigenvalue weighted by Crippen LogP contribution is 2.23. The van der Waals surface area contributed by atoms with E-state index in [-0.39, 0.29) is 12.0 Å². The van der Waals surface area contributed by atoms with E-state index in [4.69, 9.17) is 9.47 Å². The Balaban J connectivity index is 1.64. The highest BCUT2D eigenvalue weighted by atomic mass is 16.5. The van der Waals surface area contributed by atoms with Gasteiger partial charge in [-0.15, -0.1) is 0 Å². The molecule has 1 atom stereocenters. The van der Waals surface area contributed by atoms with Crippen LogP contribution in [0.5, 0.6) is 5.75 Å². The van der Waals surface area contributed by atoms with E-state index in [1.54, 1.807) is 31.2 Å². The molecule has 5 heteroatoms. The molecule has 1 N–H and O–H groups in total. The summed E-state index contributed by atoms with van der Waals surface area (Å²) in [5.41, 5.74) is 1.04. The van der Waals surface area contributed by atoms with Crippen LogP contribution >= 0.6 is 0 Å². The van der Waals surface area contributed by atoms with Gasteiger partial charge in [0.25, 0.3) is 5.91 Å². The Bertz CT molecular complexity index is 974. The standard InChI is InChI=1S/C23H23NO4/c1-15(2)27-19-13-11-18(12-14-19)23(26)28-16(3)22(25)24-21-10-6-8-17-7-4-5-9-20(17)21/h4-16H,1-3H3,(H,24,25)/t16-/m1/s1. The summed E-state index contributed by atoms with van der Waals surface area (Å²) in [5.74, 6) is -0.269. The first-order valence-electron chi connectivity index (χ1n) is 9.20. The highest BCUT2D eigenvalue weighted by Gasteiger charge is 2.19. The maximum atomic E-state index is 12.5. The second-order valence-electron chi connectivity index (χ2n) is 6.75. The predicted molar refractivity (Wildman–Crippen MR) is 110 cm³/mol. The lowest BCUT2D eigenvalue weighted by atomic mass is 10.1. The van der Waals surface area contributed by atoms with Crippen molar-refractivity contribution in [2.45, 2.75) is 33.0 Å². The molecule has 0 spiro atoms. The topological polar surface area (TPSA) is 64.6 Å². The van der Waals surface area contributed by atoms with Crippen LogP contribution in [0.3, 0.4) is 0 Å². The largest absolute Gasteiger partial charge is 0.491 e.